The molecule has 0 radical (unpaired) electrons. The van der Waals surface area contributed by atoms with Gasteiger partial charge in [-0.1, -0.05) is 0 Å². The van der Waals surface area contributed by atoms with Crippen LogP contribution >= 0.6 is 11.6 Å². The average molecular weight is 260 g/mol. The molecule has 1 rings (SSSR count). The van der Waals surface area contributed by atoms with Gasteiger partial charge in [-0.05, 0) is 11.6 Å². The van der Waals surface area contributed by atoms with Gasteiger partial charge in [-0.2, -0.15) is 4.57 Å². The molecule has 0 aromatic carbocycles. The molecule has 0 aliphatic heterocycles. The average Bonchev–Trinajstić information content (AvgIpc) is 2.06. The normalized spacial score (nSPS) is 10.4. The third-order valence-electron chi connectivity index (χ3n) is 1.27. The largest absolute Gasteiger partial charge is 0.673 e. The fraction of sp³-hybridized carbons (Fsp3) is 0.167. The van der Waals surface area contributed by atoms with Crippen molar-refractivity contribution in [1.82, 2.24) is 0 Å². The van der Waals surface area contributed by atoms with Gasteiger partial charge in [0.2, 0.25) is 6.20 Å². The summed E-state index contributed by atoms with van der Waals surface area (Å²) in [5, 5.41) is 10.7. The molecule has 0 fully saturated rings. The van der Waals surface area contributed by atoms with E-state index in [-0.39, 0.29) is 5.69 Å². The zero-order chi connectivity index (χ0) is 12.9. The number of nitro groups is 1. The fourth-order valence-corrected chi connectivity index (χ4v) is 0.795. The van der Waals surface area contributed by atoms with Crippen molar-refractivity contribution in [1.29, 1.82) is 0 Å². The van der Waals surface area contributed by atoms with Crippen LogP contribution in [0.5, 0.6) is 0 Å². The summed E-state index contributed by atoms with van der Waals surface area (Å²) in [4.78, 5) is 9.75. The van der Waals surface area contributed by atoms with Gasteiger partial charge in [0.05, 0.1) is 4.92 Å². The Morgan fingerprint density at radius 3 is 2.12 bits per heavy atom. The maximum absolute atomic E-state index is 10.2. The Kier molecular flexibility index (Phi) is 5.15. The molecule has 0 amide bonds. The molecule has 0 aliphatic rings. The van der Waals surface area contributed by atoms with Gasteiger partial charge in [-0.15, -0.1) is 0 Å². The van der Waals surface area contributed by atoms with Gasteiger partial charge in [0.15, 0.2) is 0 Å². The zero-order valence-corrected chi connectivity index (χ0v) is 8.67. The van der Waals surface area contributed by atoms with E-state index >= 15 is 0 Å². The maximum Gasteiger partial charge on any atom is 0.673 e. The Balaban J connectivity index is 0.000000385. The SMILES string of the molecule is C[n+]1cc([N+](=O)[O-])ccc1Cl.F[B-](F)(F)F. The van der Waals surface area contributed by atoms with E-state index in [1.165, 1.54) is 22.9 Å². The summed E-state index contributed by atoms with van der Waals surface area (Å²) < 4.78 is 40.5. The van der Waals surface area contributed by atoms with Crippen molar-refractivity contribution in [2.24, 2.45) is 7.05 Å². The number of nitrogens with zero attached hydrogens (tertiary/aromatic N) is 2. The minimum atomic E-state index is -6.00. The van der Waals surface area contributed by atoms with Crippen molar-refractivity contribution < 1.29 is 26.8 Å². The standard InChI is InChI=1S/C6H6ClN2O2.BF4/c1-8-4-5(9(10)11)2-3-6(8)7;2-1(3,4)5/h2-4H,1H3;/q+1;-1. The van der Waals surface area contributed by atoms with Crippen LogP contribution in [0.3, 0.4) is 0 Å². The molecule has 0 N–H and O–H groups in total. The van der Waals surface area contributed by atoms with Gasteiger partial charge in [-0.3, -0.25) is 10.1 Å². The van der Waals surface area contributed by atoms with Crippen molar-refractivity contribution >= 4 is 24.5 Å². The lowest BCUT2D eigenvalue weighted by Gasteiger charge is -1.94. The second-order valence-electron chi connectivity index (χ2n) is 2.57. The Morgan fingerprint density at radius 2 is 1.81 bits per heavy atom. The lowest BCUT2D eigenvalue weighted by molar-refractivity contribution is -0.672. The number of pyridine rings is 1. The molecule has 0 bridgehead atoms. The number of rotatable bonds is 1. The molecule has 16 heavy (non-hydrogen) atoms. The lowest BCUT2D eigenvalue weighted by atomic mass is 10.3. The van der Waals surface area contributed by atoms with Crippen LogP contribution in [0, 0.1) is 10.1 Å². The highest BCUT2D eigenvalue weighted by molar-refractivity contribution is 6.50. The fourth-order valence-electron chi connectivity index (χ4n) is 0.683. The van der Waals surface area contributed by atoms with Gasteiger partial charge in [0.25, 0.3) is 5.15 Å². The van der Waals surface area contributed by atoms with Gasteiger partial charge in [0.1, 0.15) is 7.05 Å². The summed E-state index contributed by atoms with van der Waals surface area (Å²) in [6, 6.07) is 2.85. The topological polar surface area (TPSA) is 47.0 Å². The predicted molar refractivity (Wildman–Crippen MR) is 49.5 cm³/mol. The molecule has 4 nitrogen and oxygen atoms in total. The molecule has 1 heterocycles. The quantitative estimate of drug-likeness (QED) is 0.194. The zero-order valence-electron chi connectivity index (χ0n) is 7.91. The van der Waals surface area contributed by atoms with Crippen LogP contribution in [-0.4, -0.2) is 12.2 Å². The highest BCUT2D eigenvalue weighted by atomic mass is 35.5. The molecule has 0 saturated heterocycles. The van der Waals surface area contributed by atoms with Crippen LogP contribution < -0.4 is 4.57 Å². The van der Waals surface area contributed by atoms with Crippen LogP contribution in [-0.2, 0) is 7.05 Å². The lowest BCUT2D eigenvalue weighted by Crippen LogP contribution is -2.28. The summed E-state index contributed by atoms with van der Waals surface area (Å²) in [5.74, 6) is 0. The first kappa shape index (κ1) is 14.6. The van der Waals surface area contributed by atoms with Crippen LogP contribution in [0.2, 0.25) is 5.15 Å². The Morgan fingerprint density at radius 1 is 1.38 bits per heavy atom. The molecular weight excluding hydrogens is 254 g/mol. The number of hydrogen-bond acceptors (Lipinski definition) is 2. The molecule has 1 aromatic heterocycles. The molecule has 0 atom stereocenters. The van der Waals surface area contributed by atoms with E-state index < -0.39 is 12.2 Å². The molecule has 0 aliphatic carbocycles. The minimum Gasteiger partial charge on any atom is -0.418 e. The summed E-state index contributed by atoms with van der Waals surface area (Å²) >= 11 is 5.63. The van der Waals surface area contributed by atoms with Crippen LogP contribution in [0.25, 0.3) is 0 Å². The molecule has 90 valence electrons. The smallest absolute Gasteiger partial charge is 0.418 e. The monoisotopic (exact) mass is 260 g/mol. The predicted octanol–water partition coefficient (Wildman–Crippen LogP) is 2.37. The highest BCUT2D eigenvalue weighted by Gasteiger charge is 2.20. The molecule has 0 spiro atoms. The number of hydrogen-bond donors (Lipinski definition) is 0. The molecular formula is C6H6BClF4N2O2. The van der Waals surface area contributed by atoms with Crippen molar-refractivity contribution in [3.05, 3.63) is 33.6 Å². The second kappa shape index (κ2) is 5.64. The van der Waals surface area contributed by atoms with Gasteiger partial charge in [0, 0.05) is 12.1 Å². The van der Waals surface area contributed by atoms with E-state index in [0.29, 0.717) is 5.15 Å². The Labute approximate surface area is 92.7 Å². The third kappa shape index (κ3) is 6.99. The van der Waals surface area contributed by atoms with Crippen molar-refractivity contribution in [3.63, 3.8) is 0 Å². The van der Waals surface area contributed by atoms with Gasteiger partial charge >= 0.3 is 12.9 Å². The van der Waals surface area contributed by atoms with Crippen molar-refractivity contribution in [2.45, 2.75) is 0 Å². The summed E-state index contributed by atoms with van der Waals surface area (Å²) in [6.07, 6.45) is 1.36. The van der Waals surface area contributed by atoms with Crippen LogP contribution in [0.15, 0.2) is 18.3 Å². The van der Waals surface area contributed by atoms with Gasteiger partial charge in [-0.25, -0.2) is 0 Å². The van der Waals surface area contributed by atoms with E-state index in [4.69, 9.17) is 11.6 Å². The second-order valence-corrected chi connectivity index (χ2v) is 2.96. The third-order valence-corrected chi connectivity index (χ3v) is 1.66. The first-order valence-corrected chi connectivity index (χ1v) is 4.16. The highest BCUT2D eigenvalue weighted by Crippen LogP contribution is 2.09. The maximum atomic E-state index is 10.2. The number of aryl methyl sites for hydroxylation is 1. The van der Waals surface area contributed by atoms with E-state index in [0.717, 1.165) is 0 Å². The van der Waals surface area contributed by atoms with E-state index in [1.807, 2.05) is 0 Å². The van der Waals surface area contributed by atoms with Crippen LogP contribution in [0.4, 0.5) is 23.0 Å². The summed E-state index contributed by atoms with van der Waals surface area (Å²) in [7, 11) is -4.35. The molecule has 1 aromatic rings. The number of halogens is 5. The first-order chi connectivity index (χ1) is 7.11. The van der Waals surface area contributed by atoms with Gasteiger partial charge < -0.3 is 17.3 Å². The first-order valence-electron chi connectivity index (χ1n) is 3.78. The summed E-state index contributed by atoms with van der Waals surface area (Å²) in [5.41, 5.74) is 0.0388. The Bertz CT molecular complexity index is 381. The van der Waals surface area contributed by atoms with Crippen LogP contribution in [0.1, 0.15) is 0 Å². The molecule has 0 unspecified atom stereocenters. The Hall–Kier alpha value is -1.38. The van der Waals surface area contributed by atoms with E-state index in [9.17, 15) is 27.4 Å². The molecule has 10 heteroatoms. The van der Waals surface area contributed by atoms with E-state index in [1.54, 1.807) is 7.05 Å². The summed E-state index contributed by atoms with van der Waals surface area (Å²) in [6.45, 7) is 0. The number of aromatic nitrogens is 1. The molecule has 0 saturated carbocycles. The van der Waals surface area contributed by atoms with Crippen molar-refractivity contribution in [2.75, 3.05) is 0 Å². The van der Waals surface area contributed by atoms with Crippen molar-refractivity contribution in [3.8, 4) is 0 Å². The minimum absolute atomic E-state index is 0.0388. The van der Waals surface area contributed by atoms with E-state index in [2.05, 4.69) is 0 Å².